The zero-order chi connectivity index (χ0) is 25.4. The van der Waals surface area contributed by atoms with Gasteiger partial charge in [0.15, 0.2) is 5.83 Å². The van der Waals surface area contributed by atoms with E-state index in [2.05, 4.69) is 20.6 Å². The molecule has 12 heteroatoms. The lowest BCUT2D eigenvalue weighted by Crippen LogP contribution is -2.22. The summed E-state index contributed by atoms with van der Waals surface area (Å²) in [7, 11) is 4.56. The van der Waals surface area contributed by atoms with Gasteiger partial charge in [0, 0.05) is 37.8 Å². The molecule has 35 heavy (non-hydrogen) atoms. The van der Waals surface area contributed by atoms with E-state index in [1.807, 2.05) is 0 Å². The van der Waals surface area contributed by atoms with Crippen LogP contribution in [-0.4, -0.2) is 62.0 Å². The van der Waals surface area contributed by atoms with Crippen molar-refractivity contribution in [3.05, 3.63) is 59.4 Å². The fraction of sp³-hybridized carbons (Fsp3) is 0.261. The van der Waals surface area contributed by atoms with Gasteiger partial charge in [0.05, 0.1) is 36.6 Å². The average Bonchev–Trinajstić information content (AvgIpc) is 2.84. The van der Waals surface area contributed by atoms with Gasteiger partial charge in [-0.1, -0.05) is 11.6 Å². The Morgan fingerprint density at radius 1 is 1.20 bits per heavy atom. The Balaban J connectivity index is 1.82. The van der Waals surface area contributed by atoms with Crippen LogP contribution in [0.15, 0.2) is 48.6 Å². The van der Waals surface area contributed by atoms with Crippen LogP contribution in [0, 0.1) is 5.82 Å². The van der Waals surface area contributed by atoms with E-state index in [9.17, 15) is 13.6 Å². The highest BCUT2D eigenvalue weighted by atomic mass is 35.5. The fourth-order valence-corrected chi connectivity index (χ4v) is 3.15. The van der Waals surface area contributed by atoms with E-state index in [0.29, 0.717) is 35.6 Å². The maximum absolute atomic E-state index is 14.4. The van der Waals surface area contributed by atoms with Gasteiger partial charge in [-0.2, -0.15) is 5.06 Å². The van der Waals surface area contributed by atoms with Crippen LogP contribution in [0.25, 0.3) is 10.9 Å². The number of hydrogen-bond donors (Lipinski definition) is 2. The topological polar surface area (TPSA) is 97.8 Å². The number of nitrogens with zero attached hydrogens (tertiary/aromatic N) is 3. The maximum Gasteiger partial charge on any atom is 0.284 e. The van der Waals surface area contributed by atoms with Crippen molar-refractivity contribution in [2.75, 3.05) is 51.7 Å². The highest BCUT2D eigenvalue weighted by molar-refractivity contribution is 6.31. The average molecular weight is 508 g/mol. The number of halogens is 3. The molecule has 0 saturated carbocycles. The van der Waals surface area contributed by atoms with Crippen LogP contribution in [-0.2, 0) is 14.4 Å². The molecule has 0 radical (unpaired) electrons. The predicted octanol–water partition coefficient (Wildman–Crippen LogP) is 4.48. The number of aromatic nitrogens is 2. The smallest absolute Gasteiger partial charge is 0.284 e. The third kappa shape index (κ3) is 7.06. The van der Waals surface area contributed by atoms with Crippen molar-refractivity contribution in [2.45, 2.75) is 0 Å². The normalized spacial score (nSPS) is 11.7. The third-order valence-electron chi connectivity index (χ3n) is 4.73. The van der Waals surface area contributed by atoms with Crippen molar-refractivity contribution in [1.29, 1.82) is 0 Å². The predicted molar refractivity (Wildman–Crippen MR) is 129 cm³/mol. The summed E-state index contributed by atoms with van der Waals surface area (Å²) in [4.78, 5) is 26.2. The van der Waals surface area contributed by atoms with Crippen molar-refractivity contribution in [1.82, 2.24) is 15.0 Å². The molecule has 0 atom stereocenters. The molecule has 0 aliphatic rings. The van der Waals surface area contributed by atoms with Gasteiger partial charge < -0.3 is 20.1 Å². The Kier molecular flexibility index (Phi) is 9.26. The Morgan fingerprint density at radius 2 is 2.00 bits per heavy atom. The number of fused-ring (bicyclic) bond motifs is 1. The Morgan fingerprint density at radius 3 is 2.71 bits per heavy atom. The second-order valence-electron chi connectivity index (χ2n) is 7.19. The summed E-state index contributed by atoms with van der Waals surface area (Å²) in [6, 6.07) is 7.25. The molecule has 0 aliphatic heterocycles. The molecule has 3 aromatic rings. The van der Waals surface area contributed by atoms with Crippen molar-refractivity contribution < 1.29 is 27.9 Å². The Hall–Kier alpha value is -3.38. The molecule has 0 saturated heterocycles. The summed E-state index contributed by atoms with van der Waals surface area (Å²) in [5, 5.41) is 7.36. The van der Waals surface area contributed by atoms with Gasteiger partial charge in [0.1, 0.15) is 23.7 Å². The summed E-state index contributed by atoms with van der Waals surface area (Å²) in [6.45, 7) is 0.721. The molecule has 186 valence electrons. The zero-order valence-electron chi connectivity index (χ0n) is 19.3. The van der Waals surface area contributed by atoms with E-state index < -0.39 is 17.6 Å². The highest BCUT2D eigenvalue weighted by Gasteiger charge is 2.16. The lowest BCUT2D eigenvalue weighted by Gasteiger charge is -2.15. The zero-order valence-corrected chi connectivity index (χ0v) is 20.0. The van der Waals surface area contributed by atoms with Crippen molar-refractivity contribution in [3.63, 3.8) is 0 Å². The maximum atomic E-state index is 14.4. The molecule has 9 nitrogen and oxygen atoms in total. The number of ether oxygens (including phenoxy) is 2. The molecule has 1 amide bonds. The van der Waals surface area contributed by atoms with Crippen LogP contribution >= 0.6 is 11.6 Å². The first kappa shape index (κ1) is 26.2. The lowest BCUT2D eigenvalue weighted by molar-refractivity contribution is -0.142. The number of carbonyl (C=O) groups is 1. The number of carbonyl (C=O) groups excluding carboxylic acids is 1. The first-order chi connectivity index (χ1) is 16.8. The molecule has 1 heterocycles. The van der Waals surface area contributed by atoms with E-state index in [-0.39, 0.29) is 23.0 Å². The largest absolute Gasteiger partial charge is 0.494 e. The van der Waals surface area contributed by atoms with Crippen molar-refractivity contribution >= 4 is 45.6 Å². The number of amides is 1. The van der Waals surface area contributed by atoms with Crippen LogP contribution < -0.4 is 15.4 Å². The second-order valence-corrected chi connectivity index (χ2v) is 7.60. The molecule has 2 N–H and O–H groups in total. The monoisotopic (exact) mass is 507 g/mol. The third-order valence-corrected chi connectivity index (χ3v) is 5.02. The summed E-state index contributed by atoms with van der Waals surface area (Å²) in [5.41, 5.74) is 1.19. The van der Waals surface area contributed by atoms with Crippen LogP contribution in [0.1, 0.15) is 0 Å². The standard InChI is InChI=1S/C23H24ClF2N5O4/c1-31(35-9-8-33-2)7-6-18(26)23(32)30-20-11-15-19(12-21(20)34-3)27-13-28-22(15)29-14-4-5-17(25)16(24)10-14/h4-6,10-13H,7-9H2,1-3H3,(H,30,32)(H,27,28,29). The van der Waals surface area contributed by atoms with Crippen LogP contribution in [0.3, 0.4) is 0 Å². The summed E-state index contributed by atoms with van der Waals surface area (Å²) >= 11 is 5.86. The molecule has 0 spiro atoms. The number of methoxy groups -OCH3 is 2. The van der Waals surface area contributed by atoms with E-state index in [0.717, 1.165) is 6.08 Å². The minimum atomic E-state index is -1.00. The molecule has 1 aromatic heterocycles. The van der Waals surface area contributed by atoms with Crippen molar-refractivity contribution in [3.8, 4) is 5.75 Å². The second kappa shape index (κ2) is 12.4. The van der Waals surface area contributed by atoms with E-state index in [1.165, 1.54) is 43.8 Å². The Labute approximate surface area is 205 Å². The SMILES string of the molecule is COCCON(C)CC=C(F)C(=O)Nc1cc2c(Nc3ccc(F)c(Cl)c3)ncnc2cc1OC. The minimum Gasteiger partial charge on any atom is -0.494 e. The quantitative estimate of drug-likeness (QED) is 0.223. The van der Waals surface area contributed by atoms with Gasteiger partial charge in [-0.05, 0) is 30.3 Å². The molecular weight excluding hydrogens is 484 g/mol. The summed E-state index contributed by atoms with van der Waals surface area (Å²) in [5.74, 6) is -1.89. The highest BCUT2D eigenvalue weighted by Crippen LogP contribution is 2.33. The fourth-order valence-electron chi connectivity index (χ4n) is 2.97. The number of rotatable bonds is 11. The molecule has 2 aromatic carbocycles. The molecular formula is C23H24ClF2N5O4. The number of likely N-dealkylation sites (N-methyl/N-ethyl adjacent to an activating group) is 1. The minimum absolute atomic E-state index is 0.0416. The summed E-state index contributed by atoms with van der Waals surface area (Å²) < 4.78 is 38.1. The first-order valence-corrected chi connectivity index (χ1v) is 10.7. The first-order valence-electron chi connectivity index (χ1n) is 10.4. The molecule has 0 unspecified atom stereocenters. The van der Waals surface area contributed by atoms with Gasteiger partial charge in [-0.3, -0.25) is 9.63 Å². The van der Waals surface area contributed by atoms with Gasteiger partial charge in [0.2, 0.25) is 0 Å². The van der Waals surface area contributed by atoms with Crippen LogP contribution in [0.4, 0.5) is 26.0 Å². The molecule has 3 rings (SSSR count). The van der Waals surface area contributed by atoms with Gasteiger partial charge in [-0.15, -0.1) is 0 Å². The van der Waals surface area contributed by atoms with E-state index >= 15 is 0 Å². The van der Waals surface area contributed by atoms with E-state index in [4.69, 9.17) is 25.9 Å². The molecule has 0 fully saturated rings. The van der Waals surface area contributed by atoms with Crippen LogP contribution in [0.2, 0.25) is 5.02 Å². The number of hydroxylamine groups is 2. The van der Waals surface area contributed by atoms with Crippen LogP contribution in [0.5, 0.6) is 5.75 Å². The number of anilines is 3. The van der Waals surface area contributed by atoms with Gasteiger partial charge in [0.25, 0.3) is 5.91 Å². The Bertz CT molecular complexity index is 1230. The molecule has 0 bridgehead atoms. The van der Waals surface area contributed by atoms with Gasteiger partial charge in [-0.25, -0.2) is 18.7 Å². The number of hydrogen-bond acceptors (Lipinski definition) is 8. The number of nitrogens with one attached hydrogen (secondary N) is 2. The van der Waals surface area contributed by atoms with Gasteiger partial charge >= 0.3 is 0 Å². The number of benzene rings is 2. The summed E-state index contributed by atoms with van der Waals surface area (Å²) in [6.07, 6.45) is 2.42. The van der Waals surface area contributed by atoms with Crippen molar-refractivity contribution in [2.24, 2.45) is 0 Å². The molecule has 0 aliphatic carbocycles. The lowest BCUT2D eigenvalue weighted by atomic mass is 10.1. The van der Waals surface area contributed by atoms with E-state index in [1.54, 1.807) is 19.2 Å².